The summed E-state index contributed by atoms with van der Waals surface area (Å²) in [5.74, 6) is -1.48. The number of benzene rings is 3. The molecule has 1 fully saturated rings. The van der Waals surface area contributed by atoms with E-state index in [0.29, 0.717) is 24.9 Å². The maximum Gasteiger partial charge on any atom is 0.240 e. The van der Waals surface area contributed by atoms with Crippen molar-refractivity contribution in [2.45, 2.75) is 24.2 Å². The van der Waals surface area contributed by atoms with Gasteiger partial charge >= 0.3 is 0 Å². The number of sulfonamides is 1. The zero-order valence-corrected chi connectivity index (χ0v) is 19.1. The third-order valence-corrected chi connectivity index (χ3v) is 7.15. The molecule has 9 heteroatoms. The van der Waals surface area contributed by atoms with E-state index in [1.54, 1.807) is 6.07 Å². The first-order chi connectivity index (χ1) is 16.3. The molecule has 1 saturated carbocycles. The molecule has 4 rings (SSSR count). The number of hydrogen-bond donors (Lipinski definition) is 3. The standard InChI is InChI=1S/C25H24FN3O4S/c26-19-7-4-8-21(17-19)29-24(31)25(14-15-25)23(30)28-20-9-11-22(12-10-20)34(32,33)27-16-13-18-5-2-1-3-6-18/h1-12,17,27H,13-16H2,(H,28,30)(H,29,31). The summed E-state index contributed by atoms with van der Waals surface area (Å²) in [4.78, 5) is 25.5. The van der Waals surface area contributed by atoms with Crippen LogP contribution in [0.25, 0.3) is 0 Å². The van der Waals surface area contributed by atoms with Gasteiger partial charge in [0.2, 0.25) is 21.8 Å². The summed E-state index contributed by atoms with van der Waals surface area (Å²) in [5, 5.41) is 5.26. The van der Waals surface area contributed by atoms with Crippen molar-refractivity contribution in [3.05, 3.63) is 90.2 Å². The highest BCUT2D eigenvalue weighted by atomic mass is 32.2. The SMILES string of the molecule is O=C(Nc1ccc(S(=O)(=O)NCCc2ccccc2)cc1)C1(C(=O)Nc2cccc(F)c2)CC1. The van der Waals surface area contributed by atoms with Crippen molar-refractivity contribution < 1.29 is 22.4 Å². The molecule has 2 amide bonds. The van der Waals surface area contributed by atoms with Gasteiger partial charge in [-0.25, -0.2) is 17.5 Å². The van der Waals surface area contributed by atoms with Crippen LogP contribution >= 0.6 is 0 Å². The van der Waals surface area contributed by atoms with Crippen LogP contribution in [0.2, 0.25) is 0 Å². The Morgan fingerprint density at radius 2 is 1.47 bits per heavy atom. The Hall–Kier alpha value is -3.56. The molecule has 0 saturated heterocycles. The Morgan fingerprint density at radius 1 is 0.824 bits per heavy atom. The molecular weight excluding hydrogens is 457 g/mol. The van der Waals surface area contributed by atoms with Gasteiger partial charge in [0.25, 0.3) is 0 Å². The summed E-state index contributed by atoms with van der Waals surface area (Å²) in [6.45, 7) is 0.258. The normalized spacial score (nSPS) is 14.3. The molecule has 0 atom stereocenters. The first-order valence-electron chi connectivity index (χ1n) is 10.8. The molecule has 1 aliphatic rings. The van der Waals surface area contributed by atoms with E-state index in [1.807, 2.05) is 30.3 Å². The largest absolute Gasteiger partial charge is 0.325 e. The van der Waals surface area contributed by atoms with Crippen LogP contribution in [0.15, 0.2) is 83.8 Å². The lowest BCUT2D eigenvalue weighted by Gasteiger charge is -2.16. The molecule has 0 aromatic heterocycles. The second-order valence-electron chi connectivity index (χ2n) is 8.16. The fourth-order valence-corrected chi connectivity index (χ4v) is 4.56. The molecule has 0 radical (unpaired) electrons. The van der Waals surface area contributed by atoms with Crippen molar-refractivity contribution in [2.24, 2.45) is 5.41 Å². The summed E-state index contributed by atoms with van der Waals surface area (Å²) in [5.41, 5.74) is 0.450. The molecule has 0 aliphatic heterocycles. The van der Waals surface area contributed by atoms with Crippen LogP contribution in [-0.4, -0.2) is 26.8 Å². The van der Waals surface area contributed by atoms with Crippen molar-refractivity contribution in [3.63, 3.8) is 0 Å². The molecule has 0 bridgehead atoms. The van der Waals surface area contributed by atoms with E-state index >= 15 is 0 Å². The molecule has 0 unspecified atom stereocenters. The summed E-state index contributed by atoms with van der Waals surface area (Å²) in [6.07, 6.45) is 1.31. The van der Waals surface area contributed by atoms with E-state index < -0.39 is 33.1 Å². The van der Waals surface area contributed by atoms with E-state index in [-0.39, 0.29) is 17.1 Å². The van der Waals surface area contributed by atoms with E-state index in [1.165, 1.54) is 42.5 Å². The fourth-order valence-electron chi connectivity index (χ4n) is 3.53. The molecule has 0 heterocycles. The van der Waals surface area contributed by atoms with Gasteiger partial charge in [-0.1, -0.05) is 36.4 Å². The van der Waals surface area contributed by atoms with Gasteiger partial charge in [0.1, 0.15) is 11.2 Å². The van der Waals surface area contributed by atoms with Crippen molar-refractivity contribution in [3.8, 4) is 0 Å². The van der Waals surface area contributed by atoms with Gasteiger partial charge in [-0.3, -0.25) is 9.59 Å². The highest BCUT2D eigenvalue weighted by Crippen LogP contribution is 2.47. The molecule has 0 spiro atoms. The zero-order chi connectivity index (χ0) is 24.2. The third-order valence-electron chi connectivity index (χ3n) is 5.67. The second-order valence-corrected chi connectivity index (χ2v) is 9.93. The Labute approximate surface area is 197 Å². The Kier molecular flexibility index (Phi) is 6.76. The number of nitrogens with one attached hydrogen (secondary N) is 3. The smallest absolute Gasteiger partial charge is 0.240 e. The molecule has 3 N–H and O–H groups in total. The van der Waals surface area contributed by atoms with Crippen LogP contribution in [0.5, 0.6) is 0 Å². The van der Waals surface area contributed by atoms with Crippen molar-refractivity contribution >= 4 is 33.2 Å². The number of rotatable bonds is 9. The van der Waals surface area contributed by atoms with Crippen LogP contribution in [0, 0.1) is 11.2 Å². The summed E-state index contributed by atoms with van der Waals surface area (Å²) >= 11 is 0. The molecular formula is C25H24FN3O4S. The van der Waals surface area contributed by atoms with E-state index in [0.717, 1.165) is 5.56 Å². The van der Waals surface area contributed by atoms with Gasteiger partial charge in [-0.2, -0.15) is 0 Å². The summed E-state index contributed by atoms with van der Waals surface area (Å²) in [6, 6.07) is 20.7. The maximum atomic E-state index is 13.4. The minimum absolute atomic E-state index is 0.0727. The van der Waals surface area contributed by atoms with Crippen LogP contribution in [0.3, 0.4) is 0 Å². The van der Waals surface area contributed by atoms with Crippen LogP contribution in [-0.2, 0) is 26.0 Å². The van der Waals surface area contributed by atoms with E-state index in [4.69, 9.17) is 0 Å². The number of anilines is 2. The maximum absolute atomic E-state index is 13.4. The molecule has 176 valence electrons. The molecule has 34 heavy (non-hydrogen) atoms. The lowest BCUT2D eigenvalue weighted by Crippen LogP contribution is -2.35. The predicted octanol–water partition coefficient (Wildman–Crippen LogP) is 3.70. The molecule has 1 aliphatic carbocycles. The lowest BCUT2D eigenvalue weighted by atomic mass is 10.0. The van der Waals surface area contributed by atoms with Crippen molar-refractivity contribution in [1.29, 1.82) is 0 Å². The van der Waals surface area contributed by atoms with Crippen LogP contribution in [0.1, 0.15) is 18.4 Å². The summed E-state index contributed by atoms with van der Waals surface area (Å²) in [7, 11) is -3.70. The Bertz CT molecular complexity index is 1290. The number of halogens is 1. The van der Waals surface area contributed by atoms with Gasteiger partial charge in [-0.05, 0) is 67.3 Å². The first kappa shape index (κ1) is 23.6. The zero-order valence-electron chi connectivity index (χ0n) is 18.3. The van der Waals surface area contributed by atoms with Gasteiger partial charge in [0, 0.05) is 17.9 Å². The lowest BCUT2D eigenvalue weighted by molar-refractivity contribution is -0.131. The average molecular weight is 482 g/mol. The van der Waals surface area contributed by atoms with Gasteiger partial charge in [0.05, 0.1) is 4.90 Å². The first-order valence-corrected chi connectivity index (χ1v) is 12.3. The number of carbonyl (C=O) groups excluding carboxylic acids is 2. The molecule has 3 aromatic rings. The van der Waals surface area contributed by atoms with Gasteiger partial charge in [0.15, 0.2) is 0 Å². The third kappa shape index (κ3) is 5.49. The Morgan fingerprint density at radius 3 is 2.09 bits per heavy atom. The van der Waals surface area contributed by atoms with Gasteiger partial charge in [-0.15, -0.1) is 0 Å². The predicted molar refractivity (Wildman–Crippen MR) is 127 cm³/mol. The van der Waals surface area contributed by atoms with Crippen LogP contribution < -0.4 is 15.4 Å². The average Bonchev–Trinajstić information content (AvgIpc) is 3.62. The number of hydrogen-bond acceptors (Lipinski definition) is 4. The monoisotopic (exact) mass is 481 g/mol. The van der Waals surface area contributed by atoms with E-state index in [9.17, 15) is 22.4 Å². The number of carbonyl (C=O) groups is 2. The quantitative estimate of drug-likeness (QED) is 0.405. The Balaban J connectivity index is 1.34. The molecule has 3 aromatic carbocycles. The van der Waals surface area contributed by atoms with Crippen molar-refractivity contribution in [2.75, 3.05) is 17.2 Å². The van der Waals surface area contributed by atoms with Crippen molar-refractivity contribution in [1.82, 2.24) is 4.72 Å². The molecule has 7 nitrogen and oxygen atoms in total. The fraction of sp³-hybridized carbons (Fsp3) is 0.200. The number of amides is 2. The second kappa shape index (κ2) is 9.74. The minimum atomic E-state index is -3.70. The topological polar surface area (TPSA) is 104 Å². The summed E-state index contributed by atoms with van der Waals surface area (Å²) < 4.78 is 41.0. The highest BCUT2D eigenvalue weighted by molar-refractivity contribution is 7.89. The van der Waals surface area contributed by atoms with Crippen LogP contribution in [0.4, 0.5) is 15.8 Å². The van der Waals surface area contributed by atoms with Gasteiger partial charge < -0.3 is 10.6 Å². The van der Waals surface area contributed by atoms with E-state index in [2.05, 4.69) is 15.4 Å². The minimum Gasteiger partial charge on any atom is -0.325 e. The highest BCUT2D eigenvalue weighted by Gasteiger charge is 2.56.